The SMILES string of the molecule is CN(Cc1cccs1)Cc1ccc(F)cc1C#CCCO. The highest BCUT2D eigenvalue weighted by molar-refractivity contribution is 7.09. The third-order valence-corrected chi connectivity index (χ3v) is 3.84. The van der Waals surface area contributed by atoms with Gasteiger partial charge in [0.25, 0.3) is 0 Å². The van der Waals surface area contributed by atoms with E-state index in [9.17, 15) is 4.39 Å². The second kappa shape index (κ2) is 7.94. The molecule has 0 saturated carbocycles. The molecule has 0 aliphatic carbocycles. The van der Waals surface area contributed by atoms with E-state index in [0.29, 0.717) is 18.5 Å². The largest absolute Gasteiger partial charge is 0.395 e. The first-order chi connectivity index (χ1) is 10.2. The Hall–Kier alpha value is -1.67. The van der Waals surface area contributed by atoms with E-state index in [4.69, 9.17) is 5.11 Å². The molecule has 0 atom stereocenters. The van der Waals surface area contributed by atoms with Crippen LogP contribution in [0, 0.1) is 17.7 Å². The number of halogens is 1. The van der Waals surface area contributed by atoms with Crippen molar-refractivity contribution in [1.29, 1.82) is 0 Å². The van der Waals surface area contributed by atoms with Crippen LogP contribution in [0.2, 0.25) is 0 Å². The summed E-state index contributed by atoms with van der Waals surface area (Å²) in [5.41, 5.74) is 1.70. The molecule has 4 heteroatoms. The van der Waals surface area contributed by atoms with Gasteiger partial charge < -0.3 is 5.11 Å². The molecule has 0 bridgehead atoms. The number of benzene rings is 1. The van der Waals surface area contributed by atoms with Crippen molar-refractivity contribution in [3.63, 3.8) is 0 Å². The highest BCUT2D eigenvalue weighted by Gasteiger charge is 2.07. The van der Waals surface area contributed by atoms with Crippen LogP contribution in [-0.4, -0.2) is 23.7 Å². The van der Waals surface area contributed by atoms with Crippen molar-refractivity contribution in [3.05, 3.63) is 57.5 Å². The first-order valence-electron chi connectivity index (χ1n) is 6.78. The summed E-state index contributed by atoms with van der Waals surface area (Å²) < 4.78 is 13.4. The lowest BCUT2D eigenvalue weighted by molar-refractivity contribution is 0.305. The van der Waals surface area contributed by atoms with Gasteiger partial charge in [0.1, 0.15) is 5.82 Å². The lowest BCUT2D eigenvalue weighted by Gasteiger charge is -2.16. The number of hydrogen-bond donors (Lipinski definition) is 1. The van der Waals surface area contributed by atoms with Crippen molar-refractivity contribution in [2.24, 2.45) is 0 Å². The van der Waals surface area contributed by atoms with E-state index < -0.39 is 0 Å². The maximum Gasteiger partial charge on any atom is 0.124 e. The predicted octanol–water partition coefficient (Wildman–Crippen LogP) is 3.25. The van der Waals surface area contributed by atoms with E-state index in [2.05, 4.69) is 28.2 Å². The Kier molecular flexibility index (Phi) is 5.94. The predicted molar refractivity (Wildman–Crippen MR) is 84.5 cm³/mol. The average Bonchev–Trinajstić information content (AvgIpc) is 2.95. The van der Waals surface area contributed by atoms with Gasteiger partial charge in [0, 0.05) is 30.0 Å². The number of rotatable bonds is 5. The minimum Gasteiger partial charge on any atom is -0.395 e. The van der Waals surface area contributed by atoms with Crippen molar-refractivity contribution in [2.45, 2.75) is 19.5 Å². The summed E-state index contributed by atoms with van der Waals surface area (Å²) in [6, 6.07) is 8.85. The number of thiophene rings is 1. The summed E-state index contributed by atoms with van der Waals surface area (Å²) in [4.78, 5) is 3.48. The van der Waals surface area contributed by atoms with Gasteiger partial charge in [-0.05, 0) is 36.2 Å². The van der Waals surface area contributed by atoms with Crippen LogP contribution in [0.5, 0.6) is 0 Å². The molecule has 0 radical (unpaired) electrons. The normalized spacial score (nSPS) is 10.5. The van der Waals surface area contributed by atoms with E-state index >= 15 is 0 Å². The van der Waals surface area contributed by atoms with Gasteiger partial charge in [-0.1, -0.05) is 24.0 Å². The minimum absolute atomic E-state index is 0.0237. The fourth-order valence-corrected chi connectivity index (χ4v) is 2.82. The Labute approximate surface area is 128 Å². The van der Waals surface area contributed by atoms with Crippen LogP contribution in [0.1, 0.15) is 22.4 Å². The number of aliphatic hydroxyl groups excluding tert-OH is 1. The molecule has 0 amide bonds. The maximum atomic E-state index is 13.4. The molecule has 2 rings (SSSR count). The van der Waals surface area contributed by atoms with Crippen LogP contribution in [-0.2, 0) is 13.1 Å². The van der Waals surface area contributed by atoms with E-state index in [-0.39, 0.29) is 12.4 Å². The highest BCUT2D eigenvalue weighted by Crippen LogP contribution is 2.16. The zero-order valence-corrected chi connectivity index (χ0v) is 12.8. The first-order valence-corrected chi connectivity index (χ1v) is 7.66. The Morgan fingerprint density at radius 3 is 2.86 bits per heavy atom. The van der Waals surface area contributed by atoms with Crippen LogP contribution in [0.15, 0.2) is 35.7 Å². The van der Waals surface area contributed by atoms with Crippen molar-refractivity contribution >= 4 is 11.3 Å². The van der Waals surface area contributed by atoms with Crippen LogP contribution in [0.3, 0.4) is 0 Å². The summed E-state index contributed by atoms with van der Waals surface area (Å²) >= 11 is 1.73. The Morgan fingerprint density at radius 2 is 2.14 bits per heavy atom. The average molecular weight is 303 g/mol. The van der Waals surface area contributed by atoms with Crippen LogP contribution in [0.25, 0.3) is 0 Å². The fraction of sp³-hybridized carbons (Fsp3) is 0.294. The van der Waals surface area contributed by atoms with Crippen LogP contribution >= 0.6 is 11.3 Å². The van der Waals surface area contributed by atoms with E-state index in [1.807, 2.05) is 13.1 Å². The van der Waals surface area contributed by atoms with Crippen LogP contribution < -0.4 is 0 Å². The summed E-state index contributed by atoms with van der Waals surface area (Å²) in [6.45, 7) is 1.59. The van der Waals surface area contributed by atoms with Gasteiger partial charge in [-0.15, -0.1) is 11.3 Å². The third-order valence-electron chi connectivity index (χ3n) is 2.98. The van der Waals surface area contributed by atoms with Gasteiger partial charge in [-0.2, -0.15) is 0 Å². The molecule has 1 aromatic heterocycles. The molecule has 21 heavy (non-hydrogen) atoms. The lowest BCUT2D eigenvalue weighted by atomic mass is 10.1. The molecule has 0 unspecified atom stereocenters. The highest BCUT2D eigenvalue weighted by atomic mass is 32.1. The number of nitrogens with zero attached hydrogens (tertiary/aromatic N) is 1. The zero-order chi connectivity index (χ0) is 15.1. The summed E-state index contributed by atoms with van der Waals surface area (Å²) in [5.74, 6) is 5.52. The van der Waals surface area contributed by atoms with E-state index in [1.54, 1.807) is 17.4 Å². The Balaban J connectivity index is 2.10. The minimum atomic E-state index is -0.284. The van der Waals surface area contributed by atoms with Gasteiger partial charge >= 0.3 is 0 Å². The second-order valence-electron chi connectivity index (χ2n) is 4.83. The van der Waals surface area contributed by atoms with Crippen molar-refractivity contribution in [3.8, 4) is 11.8 Å². The molecule has 0 spiro atoms. The fourth-order valence-electron chi connectivity index (χ4n) is 2.03. The molecule has 0 saturated heterocycles. The molecular weight excluding hydrogens is 285 g/mol. The van der Waals surface area contributed by atoms with Crippen molar-refractivity contribution in [2.75, 3.05) is 13.7 Å². The maximum absolute atomic E-state index is 13.4. The molecule has 0 aliphatic heterocycles. The van der Waals surface area contributed by atoms with Crippen molar-refractivity contribution in [1.82, 2.24) is 4.90 Å². The molecule has 1 heterocycles. The molecule has 1 aromatic carbocycles. The van der Waals surface area contributed by atoms with Gasteiger partial charge in [-0.3, -0.25) is 4.90 Å². The number of hydrogen-bond acceptors (Lipinski definition) is 3. The Morgan fingerprint density at radius 1 is 1.29 bits per heavy atom. The van der Waals surface area contributed by atoms with Crippen LogP contribution in [0.4, 0.5) is 4.39 Å². The van der Waals surface area contributed by atoms with Gasteiger partial charge in [0.2, 0.25) is 0 Å². The first kappa shape index (κ1) is 15.7. The topological polar surface area (TPSA) is 23.5 Å². The second-order valence-corrected chi connectivity index (χ2v) is 5.86. The molecule has 2 aromatic rings. The van der Waals surface area contributed by atoms with E-state index in [1.165, 1.54) is 17.0 Å². The summed E-state index contributed by atoms with van der Waals surface area (Å²) in [6.07, 6.45) is 0.404. The smallest absolute Gasteiger partial charge is 0.124 e. The third kappa shape index (κ3) is 4.98. The molecule has 2 nitrogen and oxygen atoms in total. The summed E-state index contributed by atoms with van der Waals surface area (Å²) in [5, 5.41) is 10.8. The lowest BCUT2D eigenvalue weighted by Crippen LogP contribution is -2.17. The Bertz CT molecular complexity index is 628. The van der Waals surface area contributed by atoms with E-state index in [0.717, 1.165) is 12.1 Å². The van der Waals surface area contributed by atoms with Gasteiger partial charge in [-0.25, -0.2) is 4.39 Å². The summed E-state index contributed by atoms with van der Waals surface area (Å²) in [7, 11) is 2.04. The van der Waals surface area contributed by atoms with Crippen molar-refractivity contribution < 1.29 is 9.50 Å². The molecule has 1 N–H and O–H groups in total. The quantitative estimate of drug-likeness (QED) is 0.857. The molecular formula is C17H18FNOS. The molecule has 0 aliphatic rings. The van der Waals surface area contributed by atoms with Gasteiger partial charge in [0.15, 0.2) is 0 Å². The van der Waals surface area contributed by atoms with Gasteiger partial charge in [0.05, 0.1) is 6.61 Å². The standard InChI is InChI=1S/C17H18FNOS/c1-19(13-17-6-4-10-21-17)12-15-7-8-16(18)11-14(15)5-2-3-9-20/h4,6-8,10-11,20H,3,9,12-13H2,1H3. The zero-order valence-electron chi connectivity index (χ0n) is 12.0. The molecule has 0 fully saturated rings. The number of aliphatic hydroxyl groups is 1. The monoisotopic (exact) mass is 303 g/mol. The molecule has 110 valence electrons.